The monoisotopic (exact) mass is 322 g/mol. The summed E-state index contributed by atoms with van der Waals surface area (Å²) >= 11 is 1.24. The van der Waals surface area contributed by atoms with Crippen molar-refractivity contribution in [3.8, 4) is 11.3 Å². The maximum absolute atomic E-state index is 12.9. The standard InChI is InChI=1S/C16H19FN2O2S/c1-10(2)11(3)19-15(20)9-22-16-18-8-14(21-16)12-4-6-13(17)7-5-12/h4-8,10-11H,9H2,1-3H3,(H,19,20). The van der Waals surface area contributed by atoms with E-state index in [1.807, 2.05) is 6.92 Å². The fraction of sp³-hybridized carbons (Fsp3) is 0.375. The summed E-state index contributed by atoms with van der Waals surface area (Å²) in [6.45, 7) is 6.09. The Kier molecular flexibility index (Phi) is 5.60. The number of benzene rings is 1. The molecule has 2 aromatic rings. The number of nitrogens with zero attached hydrogens (tertiary/aromatic N) is 1. The number of nitrogens with one attached hydrogen (secondary N) is 1. The number of rotatable bonds is 6. The van der Waals surface area contributed by atoms with Crippen LogP contribution in [0, 0.1) is 11.7 Å². The minimum absolute atomic E-state index is 0.0484. The molecule has 6 heteroatoms. The second-order valence-corrected chi connectivity index (χ2v) is 6.31. The van der Waals surface area contributed by atoms with Crippen molar-refractivity contribution < 1.29 is 13.6 Å². The van der Waals surface area contributed by atoms with Gasteiger partial charge in [-0.25, -0.2) is 9.37 Å². The van der Waals surface area contributed by atoms with Gasteiger partial charge in [-0.05, 0) is 37.1 Å². The van der Waals surface area contributed by atoms with Gasteiger partial charge in [-0.1, -0.05) is 25.6 Å². The first kappa shape index (κ1) is 16.5. The van der Waals surface area contributed by atoms with Crippen LogP contribution in [-0.2, 0) is 4.79 Å². The van der Waals surface area contributed by atoms with Gasteiger partial charge in [-0.15, -0.1) is 0 Å². The van der Waals surface area contributed by atoms with E-state index in [0.717, 1.165) is 5.56 Å². The molecule has 0 bridgehead atoms. The van der Waals surface area contributed by atoms with E-state index in [-0.39, 0.29) is 23.5 Å². The van der Waals surface area contributed by atoms with Crippen molar-refractivity contribution in [3.05, 3.63) is 36.3 Å². The molecule has 1 aromatic heterocycles. The van der Waals surface area contributed by atoms with Crippen molar-refractivity contribution in [3.63, 3.8) is 0 Å². The van der Waals surface area contributed by atoms with E-state index in [1.54, 1.807) is 18.3 Å². The fourth-order valence-electron chi connectivity index (χ4n) is 1.66. The summed E-state index contributed by atoms with van der Waals surface area (Å²) in [7, 11) is 0. The number of aromatic nitrogens is 1. The highest BCUT2D eigenvalue weighted by atomic mass is 32.2. The number of amides is 1. The van der Waals surface area contributed by atoms with E-state index >= 15 is 0 Å². The lowest BCUT2D eigenvalue weighted by Gasteiger charge is -2.16. The van der Waals surface area contributed by atoms with Gasteiger partial charge in [-0.2, -0.15) is 0 Å². The van der Waals surface area contributed by atoms with E-state index in [0.29, 0.717) is 16.9 Å². The molecule has 118 valence electrons. The van der Waals surface area contributed by atoms with Crippen molar-refractivity contribution in [2.75, 3.05) is 5.75 Å². The summed E-state index contributed by atoms with van der Waals surface area (Å²) in [6.07, 6.45) is 1.57. The predicted octanol–water partition coefficient (Wildman–Crippen LogP) is 3.73. The Morgan fingerprint density at radius 1 is 1.32 bits per heavy atom. The molecule has 1 unspecified atom stereocenters. The van der Waals surface area contributed by atoms with E-state index in [2.05, 4.69) is 24.1 Å². The second kappa shape index (κ2) is 7.45. The number of halogens is 1. The van der Waals surface area contributed by atoms with Crippen LogP contribution >= 0.6 is 11.8 Å². The Bertz CT molecular complexity index is 625. The Morgan fingerprint density at radius 3 is 2.64 bits per heavy atom. The minimum Gasteiger partial charge on any atom is -0.431 e. The molecule has 4 nitrogen and oxygen atoms in total. The molecule has 0 aliphatic rings. The third-order valence-corrected chi connectivity index (χ3v) is 4.17. The molecule has 2 rings (SSSR count). The van der Waals surface area contributed by atoms with Crippen molar-refractivity contribution >= 4 is 17.7 Å². The van der Waals surface area contributed by atoms with E-state index in [4.69, 9.17) is 4.42 Å². The zero-order valence-corrected chi connectivity index (χ0v) is 13.6. The topological polar surface area (TPSA) is 55.1 Å². The Hall–Kier alpha value is -1.82. The lowest BCUT2D eigenvalue weighted by atomic mass is 10.1. The molecule has 1 amide bonds. The van der Waals surface area contributed by atoms with Crippen LogP contribution in [0.5, 0.6) is 0 Å². The van der Waals surface area contributed by atoms with Gasteiger partial charge < -0.3 is 9.73 Å². The SMILES string of the molecule is CC(C)C(C)NC(=O)CSc1ncc(-c2ccc(F)cc2)o1. The van der Waals surface area contributed by atoms with Crippen LogP contribution in [-0.4, -0.2) is 22.7 Å². The summed E-state index contributed by atoms with van der Waals surface area (Å²) in [6, 6.07) is 6.12. The molecule has 1 atom stereocenters. The second-order valence-electron chi connectivity index (χ2n) is 5.39. The molecule has 0 fully saturated rings. The Labute approximate surface area is 133 Å². The first-order chi connectivity index (χ1) is 10.5. The number of carbonyl (C=O) groups excluding carboxylic acids is 1. The lowest BCUT2D eigenvalue weighted by Crippen LogP contribution is -2.37. The summed E-state index contributed by atoms with van der Waals surface area (Å²) in [4.78, 5) is 15.9. The first-order valence-corrected chi connectivity index (χ1v) is 8.08. The van der Waals surface area contributed by atoms with E-state index in [9.17, 15) is 9.18 Å². The van der Waals surface area contributed by atoms with Gasteiger partial charge in [0.25, 0.3) is 5.22 Å². The van der Waals surface area contributed by atoms with Gasteiger partial charge >= 0.3 is 0 Å². The van der Waals surface area contributed by atoms with Crippen LogP contribution in [0.1, 0.15) is 20.8 Å². The molecule has 1 aromatic carbocycles. The quantitative estimate of drug-likeness (QED) is 0.823. The van der Waals surface area contributed by atoms with Crippen LogP contribution in [0.3, 0.4) is 0 Å². The summed E-state index contributed by atoms with van der Waals surface area (Å²) in [5.41, 5.74) is 0.749. The van der Waals surface area contributed by atoms with E-state index < -0.39 is 0 Å². The van der Waals surface area contributed by atoms with E-state index in [1.165, 1.54) is 23.9 Å². The third kappa shape index (κ3) is 4.59. The predicted molar refractivity (Wildman–Crippen MR) is 85.1 cm³/mol. The zero-order valence-electron chi connectivity index (χ0n) is 12.8. The maximum Gasteiger partial charge on any atom is 0.256 e. The fourth-order valence-corrected chi connectivity index (χ4v) is 2.28. The van der Waals surface area contributed by atoms with Crippen molar-refractivity contribution in [2.24, 2.45) is 5.92 Å². The average Bonchev–Trinajstić information content (AvgIpc) is 2.94. The molecule has 0 radical (unpaired) electrons. The maximum atomic E-state index is 12.9. The Morgan fingerprint density at radius 2 is 2.00 bits per heavy atom. The number of hydrogen-bond acceptors (Lipinski definition) is 4. The molecule has 0 aliphatic carbocycles. The molecule has 0 spiro atoms. The van der Waals surface area contributed by atoms with Crippen molar-refractivity contribution in [2.45, 2.75) is 32.0 Å². The van der Waals surface area contributed by atoms with Gasteiger partial charge in [0.05, 0.1) is 11.9 Å². The number of carbonyl (C=O) groups is 1. The minimum atomic E-state index is -0.297. The largest absolute Gasteiger partial charge is 0.431 e. The highest BCUT2D eigenvalue weighted by molar-refractivity contribution is 7.99. The van der Waals surface area contributed by atoms with Crippen molar-refractivity contribution in [1.29, 1.82) is 0 Å². The van der Waals surface area contributed by atoms with Gasteiger partial charge in [0.2, 0.25) is 5.91 Å². The van der Waals surface area contributed by atoms with Crippen LogP contribution in [0.25, 0.3) is 11.3 Å². The highest BCUT2D eigenvalue weighted by Crippen LogP contribution is 2.25. The first-order valence-electron chi connectivity index (χ1n) is 7.09. The van der Waals surface area contributed by atoms with Crippen LogP contribution in [0.4, 0.5) is 4.39 Å². The molecular formula is C16H19FN2O2S. The molecule has 0 aliphatic heterocycles. The smallest absolute Gasteiger partial charge is 0.256 e. The number of thioether (sulfide) groups is 1. The third-order valence-electron chi connectivity index (χ3n) is 3.33. The van der Waals surface area contributed by atoms with Gasteiger partial charge in [-0.3, -0.25) is 4.79 Å². The molecular weight excluding hydrogens is 303 g/mol. The normalized spacial score (nSPS) is 12.4. The lowest BCUT2D eigenvalue weighted by molar-refractivity contribution is -0.119. The summed E-state index contributed by atoms with van der Waals surface area (Å²) in [5, 5.41) is 3.35. The molecule has 1 N–H and O–H groups in total. The Balaban J connectivity index is 1.90. The molecule has 22 heavy (non-hydrogen) atoms. The summed E-state index contributed by atoms with van der Waals surface area (Å²) in [5.74, 6) is 0.848. The van der Waals surface area contributed by atoms with Gasteiger partial charge in [0.1, 0.15) is 5.82 Å². The van der Waals surface area contributed by atoms with Gasteiger partial charge in [0, 0.05) is 11.6 Å². The number of hydrogen-bond donors (Lipinski definition) is 1. The van der Waals surface area contributed by atoms with Gasteiger partial charge in [0.15, 0.2) is 5.76 Å². The van der Waals surface area contributed by atoms with Crippen LogP contribution in [0.15, 0.2) is 40.1 Å². The van der Waals surface area contributed by atoms with Crippen molar-refractivity contribution in [1.82, 2.24) is 10.3 Å². The van der Waals surface area contributed by atoms with Crippen LogP contribution in [0.2, 0.25) is 0 Å². The molecule has 1 heterocycles. The van der Waals surface area contributed by atoms with Crippen LogP contribution < -0.4 is 5.32 Å². The zero-order chi connectivity index (χ0) is 16.1. The molecule has 0 saturated carbocycles. The number of oxazole rings is 1. The molecule has 0 saturated heterocycles. The average molecular weight is 322 g/mol. The highest BCUT2D eigenvalue weighted by Gasteiger charge is 2.13. The summed E-state index contributed by atoms with van der Waals surface area (Å²) < 4.78 is 18.4.